The number of carbonyl (C=O) groups excluding carboxylic acids is 2. The van der Waals surface area contributed by atoms with Gasteiger partial charge in [0.2, 0.25) is 0 Å². The first-order valence-corrected chi connectivity index (χ1v) is 10.1. The van der Waals surface area contributed by atoms with Gasteiger partial charge in [-0.05, 0) is 54.3 Å². The smallest absolute Gasteiger partial charge is 0.255 e. The average molecular weight is 402 g/mol. The highest BCUT2D eigenvalue weighted by Crippen LogP contribution is 2.27. The van der Waals surface area contributed by atoms with Crippen LogP contribution in [-0.2, 0) is 4.74 Å². The standard InChI is InChI=1S/C26H27NO3/c1-18-9-11-20(12-10-18)22-14-23(25(28)13-19(2)17-30-3)16-24(15-22)27-26(29)21-7-5-4-6-8-21/h4-12,14-16,19H,13,17H2,1-3H3,(H,27,29). The van der Waals surface area contributed by atoms with Crippen LogP contribution in [0, 0.1) is 12.8 Å². The summed E-state index contributed by atoms with van der Waals surface area (Å²) in [6.07, 6.45) is 0.386. The minimum Gasteiger partial charge on any atom is -0.384 e. The van der Waals surface area contributed by atoms with Crippen molar-refractivity contribution in [2.24, 2.45) is 5.92 Å². The summed E-state index contributed by atoms with van der Waals surface area (Å²) in [5.74, 6) is -0.0561. The fraction of sp³-hybridized carbons (Fsp3) is 0.231. The number of ketones is 1. The molecule has 1 amide bonds. The Bertz CT molecular complexity index is 1010. The molecule has 1 unspecified atom stereocenters. The van der Waals surface area contributed by atoms with Crippen LogP contribution in [0.2, 0.25) is 0 Å². The molecule has 154 valence electrons. The van der Waals surface area contributed by atoms with E-state index in [1.165, 1.54) is 0 Å². The third kappa shape index (κ3) is 5.65. The maximum atomic E-state index is 12.9. The number of anilines is 1. The zero-order chi connectivity index (χ0) is 21.5. The highest BCUT2D eigenvalue weighted by Gasteiger charge is 2.15. The molecule has 0 radical (unpaired) electrons. The lowest BCUT2D eigenvalue weighted by atomic mass is 9.95. The Hall–Kier alpha value is -3.24. The number of aryl methyl sites for hydroxylation is 1. The molecule has 0 spiro atoms. The predicted octanol–water partition coefficient (Wildman–Crippen LogP) is 5.77. The van der Waals surface area contributed by atoms with Crippen LogP contribution in [0.5, 0.6) is 0 Å². The van der Waals surface area contributed by atoms with Crippen LogP contribution < -0.4 is 5.32 Å². The first-order valence-electron chi connectivity index (χ1n) is 10.1. The van der Waals surface area contributed by atoms with E-state index in [9.17, 15) is 9.59 Å². The molecule has 30 heavy (non-hydrogen) atoms. The first kappa shape index (κ1) is 21.5. The molecule has 3 aromatic rings. The Morgan fingerprint density at radius 3 is 2.27 bits per heavy atom. The van der Waals surface area contributed by atoms with Gasteiger partial charge in [0, 0.05) is 37.0 Å². The predicted molar refractivity (Wildman–Crippen MR) is 121 cm³/mol. The SMILES string of the molecule is COCC(C)CC(=O)c1cc(NC(=O)c2ccccc2)cc(-c2ccc(C)cc2)c1. The second-order valence-corrected chi connectivity index (χ2v) is 7.67. The largest absolute Gasteiger partial charge is 0.384 e. The molecular formula is C26H27NO3. The normalized spacial score (nSPS) is 11.7. The fourth-order valence-corrected chi connectivity index (χ4v) is 3.34. The van der Waals surface area contributed by atoms with Crippen LogP contribution in [0.1, 0.15) is 39.6 Å². The van der Waals surface area contributed by atoms with E-state index in [2.05, 4.69) is 5.32 Å². The summed E-state index contributed by atoms with van der Waals surface area (Å²) in [4.78, 5) is 25.5. The van der Waals surface area contributed by atoms with Gasteiger partial charge < -0.3 is 10.1 Å². The van der Waals surface area contributed by atoms with E-state index in [1.54, 1.807) is 25.3 Å². The molecule has 3 aromatic carbocycles. The summed E-state index contributed by atoms with van der Waals surface area (Å²) in [7, 11) is 1.64. The van der Waals surface area contributed by atoms with E-state index in [-0.39, 0.29) is 17.6 Å². The minimum atomic E-state index is -0.206. The van der Waals surface area contributed by atoms with Crippen molar-refractivity contribution in [1.29, 1.82) is 0 Å². The van der Waals surface area contributed by atoms with Crippen molar-refractivity contribution in [1.82, 2.24) is 0 Å². The van der Waals surface area contributed by atoms with Gasteiger partial charge in [-0.3, -0.25) is 9.59 Å². The van der Waals surface area contributed by atoms with Gasteiger partial charge in [-0.2, -0.15) is 0 Å². The molecule has 0 heterocycles. The van der Waals surface area contributed by atoms with Crippen LogP contribution in [0.25, 0.3) is 11.1 Å². The van der Waals surface area contributed by atoms with Gasteiger partial charge in [-0.15, -0.1) is 0 Å². The highest BCUT2D eigenvalue weighted by molar-refractivity contribution is 6.06. The lowest BCUT2D eigenvalue weighted by Crippen LogP contribution is -2.14. The minimum absolute atomic E-state index is 0.0312. The van der Waals surface area contributed by atoms with Crippen LogP contribution in [0.15, 0.2) is 72.8 Å². The van der Waals surface area contributed by atoms with E-state index < -0.39 is 0 Å². The first-order chi connectivity index (χ1) is 14.5. The number of ether oxygens (including phenoxy) is 1. The maximum absolute atomic E-state index is 12.9. The zero-order valence-electron chi connectivity index (χ0n) is 17.6. The third-order valence-corrected chi connectivity index (χ3v) is 4.92. The van der Waals surface area contributed by atoms with E-state index in [1.807, 2.05) is 68.4 Å². The van der Waals surface area contributed by atoms with Gasteiger partial charge >= 0.3 is 0 Å². The Morgan fingerprint density at radius 1 is 0.900 bits per heavy atom. The van der Waals surface area contributed by atoms with Crippen molar-refractivity contribution in [2.45, 2.75) is 20.3 Å². The fourth-order valence-electron chi connectivity index (χ4n) is 3.34. The quantitative estimate of drug-likeness (QED) is 0.488. The number of benzene rings is 3. The Labute approximate surface area is 177 Å². The lowest BCUT2D eigenvalue weighted by Gasteiger charge is -2.13. The van der Waals surface area contributed by atoms with Crippen molar-refractivity contribution in [3.63, 3.8) is 0 Å². The Kier molecular flexibility index (Phi) is 7.15. The van der Waals surface area contributed by atoms with Gasteiger partial charge in [-0.25, -0.2) is 0 Å². The molecule has 0 fully saturated rings. The summed E-state index contributed by atoms with van der Waals surface area (Å²) in [5, 5.41) is 2.94. The molecule has 0 bridgehead atoms. The second-order valence-electron chi connectivity index (χ2n) is 7.67. The number of hydrogen-bond acceptors (Lipinski definition) is 3. The molecule has 0 aromatic heterocycles. The summed E-state index contributed by atoms with van der Waals surface area (Å²) in [5.41, 5.74) is 4.81. The topological polar surface area (TPSA) is 55.4 Å². The molecule has 0 aliphatic carbocycles. The zero-order valence-corrected chi connectivity index (χ0v) is 17.6. The molecule has 3 rings (SSSR count). The summed E-state index contributed by atoms with van der Waals surface area (Å²) in [6, 6.07) is 22.7. The van der Waals surface area contributed by atoms with Crippen LogP contribution in [0.4, 0.5) is 5.69 Å². The monoisotopic (exact) mass is 401 g/mol. The number of rotatable bonds is 8. The van der Waals surface area contributed by atoms with Crippen molar-refractivity contribution in [3.05, 3.63) is 89.5 Å². The highest BCUT2D eigenvalue weighted by atomic mass is 16.5. The molecular weight excluding hydrogens is 374 g/mol. The molecule has 1 atom stereocenters. The molecule has 4 heteroatoms. The van der Waals surface area contributed by atoms with Crippen LogP contribution in [-0.4, -0.2) is 25.4 Å². The molecule has 4 nitrogen and oxygen atoms in total. The number of methoxy groups -OCH3 is 1. The van der Waals surface area contributed by atoms with Gasteiger partial charge in [0.25, 0.3) is 5.91 Å². The molecule has 0 saturated carbocycles. The van der Waals surface area contributed by atoms with E-state index in [0.717, 1.165) is 16.7 Å². The lowest BCUT2D eigenvalue weighted by molar-refractivity contribution is 0.0919. The molecule has 1 N–H and O–H groups in total. The molecule has 0 aliphatic heterocycles. The van der Waals surface area contributed by atoms with Gasteiger partial charge in [0.1, 0.15) is 0 Å². The average Bonchev–Trinajstić information content (AvgIpc) is 2.74. The Morgan fingerprint density at radius 2 is 1.60 bits per heavy atom. The molecule has 0 saturated heterocycles. The van der Waals surface area contributed by atoms with E-state index in [4.69, 9.17) is 4.74 Å². The van der Waals surface area contributed by atoms with Crippen molar-refractivity contribution in [3.8, 4) is 11.1 Å². The maximum Gasteiger partial charge on any atom is 0.255 e. The van der Waals surface area contributed by atoms with E-state index in [0.29, 0.717) is 29.8 Å². The number of Topliss-reactive ketones (excluding diaryl/α,β-unsaturated/α-hetero) is 1. The van der Waals surface area contributed by atoms with E-state index >= 15 is 0 Å². The van der Waals surface area contributed by atoms with Gasteiger partial charge in [0.05, 0.1) is 0 Å². The van der Waals surface area contributed by atoms with Gasteiger partial charge in [-0.1, -0.05) is 55.0 Å². The van der Waals surface area contributed by atoms with Crippen LogP contribution in [0.3, 0.4) is 0 Å². The molecule has 0 aliphatic rings. The number of amides is 1. The summed E-state index contributed by atoms with van der Waals surface area (Å²) >= 11 is 0. The summed E-state index contributed by atoms with van der Waals surface area (Å²) < 4.78 is 5.16. The van der Waals surface area contributed by atoms with Crippen molar-refractivity contribution in [2.75, 3.05) is 19.0 Å². The second kappa shape index (κ2) is 9.99. The number of hydrogen-bond donors (Lipinski definition) is 1. The Balaban J connectivity index is 1.94. The summed E-state index contributed by atoms with van der Waals surface area (Å²) in [6.45, 7) is 4.55. The van der Waals surface area contributed by atoms with Crippen molar-refractivity contribution < 1.29 is 14.3 Å². The third-order valence-electron chi connectivity index (χ3n) is 4.92. The van der Waals surface area contributed by atoms with Gasteiger partial charge in [0.15, 0.2) is 5.78 Å². The number of nitrogens with one attached hydrogen (secondary N) is 1. The van der Waals surface area contributed by atoms with Crippen LogP contribution >= 0.6 is 0 Å². The van der Waals surface area contributed by atoms with Crippen molar-refractivity contribution >= 4 is 17.4 Å². The number of carbonyl (C=O) groups is 2.